The zero-order valence-corrected chi connectivity index (χ0v) is 12.2. The summed E-state index contributed by atoms with van der Waals surface area (Å²) in [5.74, 6) is 0. The molecule has 0 aromatic carbocycles. The van der Waals surface area contributed by atoms with Crippen molar-refractivity contribution in [2.75, 3.05) is 13.1 Å². The van der Waals surface area contributed by atoms with Gasteiger partial charge in [0.2, 0.25) is 0 Å². The molecule has 5 nitrogen and oxygen atoms in total. The van der Waals surface area contributed by atoms with Crippen molar-refractivity contribution >= 4 is 6.09 Å². The molecule has 1 saturated heterocycles. The van der Waals surface area contributed by atoms with E-state index < -0.39 is 16.7 Å². The molecule has 5 heteroatoms. The lowest BCUT2D eigenvalue weighted by Gasteiger charge is -2.39. The minimum absolute atomic E-state index is 0.290. The Morgan fingerprint density at radius 2 is 1.84 bits per heavy atom. The summed E-state index contributed by atoms with van der Waals surface area (Å²) in [5, 5.41) is 10.8. The van der Waals surface area contributed by atoms with Crippen LogP contribution >= 0.6 is 0 Å². The van der Waals surface area contributed by atoms with Gasteiger partial charge >= 0.3 is 6.09 Å². The number of rotatable bonds is 1. The standard InChI is InChI=1S/C14H26N2O3/c1-12(2,3)19-11(17)16-9-8-14(18,10-16)13(15)6-4-5-7-13/h18H,4-10,15H2,1-3H3. The average molecular weight is 270 g/mol. The van der Waals surface area contributed by atoms with E-state index in [1.165, 1.54) is 0 Å². The maximum absolute atomic E-state index is 12.0. The van der Waals surface area contributed by atoms with Gasteiger partial charge in [0.05, 0.1) is 6.54 Å². The van der Waals surface area contributed by atoms with Gasteiger partial charge in [-0.3, -0.25) is 0 Å². The fourth-order valence-corrected chi connectivity index (χ4v) is 3.15. The highest BCUT2D eigenvalue weighted by atomic mass is 16.6. The van der Waals surface area contributed by atoms with Gasteiger partial charge in [-0.1, -0.05) is 12.8 Å². The third kappa shape index (κ3) is 2.87. The Labute approximate surface area is 115 Å². The summed E-state index contributed by atoms with van der Waals surface area (Å²) >= 11 is 0. The van der Waals surface area contributed by atoms with Crippen LogP contribution in [-0.2, 0) is 4.74 Å². The minimum atomic E-state index is -0.958. The maximum Gasteiger partial charge on any atom is 0.410 e. The van der Waals surface area contributed by atoms with Crippen LogP contribution in [0.5, 0.6) is 0 Å². The summed E-state index contributed by atoms with van der Waals surface area (Å²) in [6.45, 7) is 6.33. The number of ether oxygens (including phenoxy) is 1. The lowest BCUT2D eigenvalue weighted by atomic mass is 9.78. The number of likely N-dealkylation sites (tertiary alicyclic amines) is 1. The van der Waals surface area contributed by atoms with Crippen LogP contribution in [0.25, 0.3) is 0 Å². The molecule has 2 rings (SSSR count). The van der Waals surface area contributed by atoms with E-state index in [2.05, 4.69) is 0 Å². The Balaban J connectivity index is 2.01. The second-order valence-electron chi connectivity index (χ2n) is 7.05. The van der Waals surface area contributed by atoms with Gasteiger partial charge in [-0.05, 0) is 40.0 Å². The highest BCUT2D eigenvalue weighted by Crippen LogP contribution is 2.41. The monoisotopic (exact) mass is 270 g/mol. The molecule has 1 saturated carbocycles. The molecule has 110 valence electrons. The van der Waals surface area contributed by atoms with E-state index in [-0.39, 0.29) is 6.09 Å². The molecule has 0 aromatic heterocycles. The number of nitrogens with two attached hydrogens (primary N) is 1. The molecule has 2 aliphatic rings. The number of nitrogens with zero attached hydrogens (tertiary/aromatic N) is 1. The lowest BCUT2D eigenvalue weighted by Crippen LogP contribution is -2.60. The summed E-state index contributed by atoms with van der Waals surface area (Å²) in [6, 6.07) is 0. The maximum atomic E-state index is 12.0. The largest absolute Gasteiger partial charge is 0.444 e. The fraction of sp³-hybridized carbons (Fsp3) is 0.929. The number of aliphatic hydroxyl groups is 1. The first kappa shape index (κ1) is 14.6. The SMILES string of the molecule is CC(C)(C)OC(=O)N1CCC(O)(C2(N)CCCC2)C1. The quantitative estimate of drug-likeness (QED) is 0.759. The number of β-amino-alcohol motifs (C(OH)–C–C–N with tert-alkyl or cyclic N) is 1. The van der Waals surface area contributed by atoms with Gasteiger partial charge in [-0.2, -0.15) is 0 Å². The smallest absolute Gasteiger partial charge is 0.410 e. The number of amides is 1. The average Bonchev–Trinajstić information content (AvgIpc) is 2.84. The van der Waals surface area contributed by atoms with Crippen molar-refractivity contribution in [3.05, 3.63) is 0 Å². The van der Waals surface area contributed by atoms with Crippen LogP contribution in [0.3, 0.4) is 0 Å². The zero-order valence-electron chi connectivity index (χ0n) is 12.2. The summed E-state index contributed by atoms with van der Waals surface area (Å²) in [5.41, 5.74) is 4.36. The predicted molar refractivity (Wildman–Crippen MR) is 72.8 cm³/mol. The molecule has 0 spiro atoms. The zero-order chi connectivity index (χ0) is 14.3. The van der Waals surface area contributed by atoms with Gasteiger partial charge in [0.15, 0.2) is 0 Å². The second kappa shape index (κ2) is 4.63. The Morgan fingerprint density at radius 3 is 2.37 bits per heavy atom. The molecular formula is C14H26N2O3. The molecule has 0 radical (unpaired) electrons. The van der Waals surface area contributed by atoms with E-state index in [4.69, 9.17) is 10.5 Å². The Bertz CT molecular complexity index is 358. The summed E-state index contributed by atoms with van der Waals surface area (Å²) in [6.07, 6.45) is 3.99. The van der Waals surface area contributed by atoms with E-state index in [9.17, 15) is 9.90 Å². The van der Waals surface area contributed by atoms with Crippen molar-refractivity contribution in [2.24, 2.45) is 5.73 Å². The molecule has 19 heavy (non-hydrogen) atoms. The summed E-state index contributed by atoms with van der Waals surface area (Å²) < 4.78 is 5.35. The topological polar surface area (TPSA) is 75.8 Å². The van der Waals surface area contributed by atoms with Crippen molar-refractivity contribution in [3.8, 4) is 0 Å². The van der Waals surface area contributed by atoms with Crippen LogP contribution in [0, 0.1) is 0 Å². The van der Waals surface area contributed by atoms with Gasteiger partial charge in [0, 0.05) is 12.1 Å². The van der Waals surface area contributed by atoms with Crippen LogP contribution in [0.2, 0.25) is 0 Å². The summed E-state index contributed by atoms with van der Waals surface area (Å²) in [7, 11) is 0. The molecule has 1 aliphatic carbocycles. The molecular weight excluding hydrogens is 244 g/mol. The van der Waals surface area contributed by atoms with E-state index in [1.807, 2.05) is 20.8 Å². The minimum Gasteiger partial charge on any atom is -0.444 e. The first-order valence-corrected chi connectivity index (χ1v) is 7.14. The molecule has 1 aliphatic heterocycles. The second-order valence-corrected chi connectivity index (χ2v) is 7.05. The number of carbonyl (C=O) groups is 1. The molecule has 0 bridgehead atoms. The first-order valence-electron chi connectivity index (χ1n) is 7.14. The third-order valence-corrected chi connectivity index (χ3v) is 4.32. The van der Waals surface area contributed by atoms with Crippen LogP contribution in [0.15, 0.2) is 0 Å². The van der Waals surface area contributed by atoms with E-state index >= 15 is 0 Å². The van der Waals surface area contributed by atoms with Gasteiger partial charge < -0.3 is 20.5 Å². The van der Waals surface area contributed by atoms with Crippen LogP contribution in [0.4, 0.5) is 4.79 Å². The summed E-state index contributed by atoms with van der Waals surface area (Å²) in [4.78, 5) is 13.6. The fourth-order valence-electron chi connectivity index (χ4n) is 3.15. The lowest BCUT2D eigenvalue weighted by molar-refractivity contribution is -0.0285. The van der Waals surface area contributed by atoms with Gasteiger partial charge in [-0.25, -0.2) is 4.79 Å². The molecule has 2 fully saturated rings. The van der Waals surface area contributed by atoms with Crippen LogP contribution in [0.1, 0.15) is 52.9 Å². The Kier molecular flexibility index (Phi) is 3.56. The Morgan fingerprint density at radius 1 is 1.26 bits per heavy atom. The van der Waals surface area contributed by atoms with Crippen LogP contribution in [-0.4, -0.2) is 45.9 Å². The van der Waals surface area contributed by atoms with Gasteiger partial charge in [-0.15, -0.1) is 0 Å². The highest BCUT2D eigenvalue weighted by molar-refractivity contribution is 5.68. The van der Waals surface area contributed by atoms with E-state index in [0.29, 0.717) is 19.5 Å². The molecule has 1 amide bonds. The van der Waals surface area contributed by atoms with Crippen molar-refractivity contribution in [1.29, 1.82) is 0 Å². The molecule has 1 unspecified atom stereocenters. The third-order valence-electron chi connectivity index (χ3n) is 4.32. The van der Waals surface area contributed by atoms with Crippen molar-refractivity contribution in [2.45, 2.75) is 69.6 Å². The normalized spacial score (nSPS) is 30.7. The van der Waals surface area contributed by atoms with Gasteiger partial charge in [0.1, 0.15) is 11.2 Å². The Hall–Kier alpha value is -0.810. The van der Waals surface area contributed by atoms with Crippen LogP contribution < -0.4 is 5.73 Å². The number of hydrogen-bond acceptors (Lipinski definition) is 4. The van der Waals surface area contributed by atoms with E-state index in [1.54, 1.807) is 4.90 Å². The van der Waals surface area contributed by atoms with E-state index in [0.717, 1.165) is 25.7 Å². The van der Waals surface area contributed by atoms with Crippen molar-refractivity contribution in [1.82, 2.24) is 4.90 Å². The first-order chi connectivity index (χ1) is 8.65. The molecule has 3 N–H and O–H groups in total. The molecule has 0 aromatic rings. The van der Waals surface area contributed by atoms with Crippen molar-refractivity contribution < 1.29 is 14.6 Å². The molecule has 1 atom stereocenters. The number of hydrogen-bond donors (Lipinski definition) is 2. The highest BCUT2D eigenvalue weighted by Gasteiger charge is 2.53. The number of carbonyl (C=O) groups excluding carboxylic acids is 1. The molecule has 1 heterocycles. The van der Waals surface area contributed by atoms with Crippen molar-refractivity contribution in [3.63, 3.8) is 0 Å². The predicted octanol–water partition coefficient (Wildman–Crippen LogP) is 1.63. The van der Waals surface area contributed by atoms with Gasteiger partial charge in [0.25, 0.3) is 0 Å².